The number of hydrogen-bond acceptors (Lipinski definition) is 5. The average Bonchev–Trinajstić information content (AvgIpc) is 3.29. The number of rotatable bonds is 6. The molecule has 4 rings (SSSR count). The molecule has 8 nitrogen and oxygen atoms in total. The number of nitrogens with one attached hydrogen (secondary N) is 1. The molecule has 5 N–H and O–H groups in total. The molecular weight excluding hydrogens is 419 g/mol. The smallest absolute Gasteiger partial charge is 0.255 e. The van der Waals surface area contributed by atoms with Gasteiger partial charge in [0.1, 0.15) is 11.9 Å². The molecule has 1 aliphatic rings. The van der Waals surface area contributed by atoms with Gasteiger partial charge in [0, 0.05) is 23.2 Å². The van der Waals surface area contributed by atoms with E-state index in [-0.39, 0.29) is 36.7 Å². The number of aliphatic imine (C=N–C) groups is 1. The van der Waals surface area contributed by atoms with Gasteiger partial charge in [0.25, 0.3) is 5.91 Å². The molecule has 0 spiro atoms. The van der Waals surface area contributed by atoms with E-state index >= 15 is 0 Å². The number of hydrogen-bond donors (Lipinski definition) is 3. The summed E-state index contributed by atoms with van der Waals surface area (Å²) in [6.45, 7) is 0.398. The maximum absolute atomic E-state index is 13.1. The molecule has 2 aromatic carbocycles. The number of nitrogens with zero attached hydrogens (tertiary/aromatic N) is 3. The van der Waals surface area contributed by atoms with Crippen LogP contribution in [-0.4, -0.2) is 27.7 Å². The molecular formula is C21H19FN6O2S. The molecule has 0 saturated carbocycles. The molecule has 2 heterocycles. The van der Waals surface area contributed by atoms with Crippen LogP contribution in [0.4, 0.5) is 9.52 Å². The van der Waals surface area contributed by atoms with Crippen molar-refractivity contribution in [3.63, 3.8) is 0 Å². The van der Waals surface area contributed by atoms with Crippen LogP contribution in [0, 0.1) is 5.82 Å². The van der Waals surface area contributed by atoms with E-state index < -0.39 is 6.04 Å². The standard InChI is InChI=1S/C21H19FN6O2S/c22-13-7-5-12(6-8-13)9-25-18(29)17-15-3-1-2-4-16(15)19(30)28(17)11-14-10-26-21(31-14)27-20(23)24/h1-8,10,17H,9,11H2,(H,25,29)(H4,23,24,26,27). The van der Waals surface area contributed by atoms with Gasteiger partial charge < -0.3 is 21.7 Å². The fraction of sp³-hybridized carbons (Fsp3) is 0.143. The van der Waals surface area contributed by atoms with Crippen molar-refractivity contribution >= 4 is 34.2 Å². The summed E-state index contributed by atoms with van der Waals surface area (Å²) in [6.07, 6.45) is 1.58. The number of thiazole rings is 1. The van der Waals surface area contributed by atoms with E-state index in [4.69, 9.17) is 11.5 Å². The third kappa shape index (κ3) is 4.38. The van der Waals surface area contributed by atoms with Crippen LogP contribution in [0.5, 0.6) is 0 Å². The Morgan fingerprint density at radius 2 is 1.94 bits per heavy atom. The molecule has 0 fully saturated rings. The molecule has 0 aliphatic carbocycles. The number of amides is 2. The lowest BCUT2D eigenvalue weighted by atomic mass is 10.0. The summed E-state index contributed by atoms with van der Waals surface area (Å²) < 4.78 is 13.1. The van der Waals surface area contributed by atoms with Crippen LogP contribution in [0.25, 0.3) is 0 Å². The number of guanidine groups is 1. The maximum Gasteiger partial charge on any atom is 0.255 e. The van der Waals surface area contributed by atoms with Crippen LogP contribution in [0.3, 0.4) is 0 Å². The van der Waals surface area contributed by atoms with Crippen LogP contribution in [0.2, 0.25) is 0 Å². The lowest BCUT2D eigenvalue weighted by molar-refractivity contribution is -0.125. The van der Waals surface area contributed by atoms with Crippen LogP contribution < -0.4 is 16.8 Å². The fourth-order valence-electron chi connectivity index (χ4n) is 3.40. The molecule has 31 heavy (non-hydrogen) atoms. The van der Waals surface area contributed by atoms with Crippen molar-refractivity contribution in [1.29, 1.82) is 0 Å². The van der Waals surface area contributed by atoms with Gasteiger partial charge in [0.15, 0.2) is 5.96 Å². The van der Waals surface area contributed by atoms with E-state index in [0.29, 0.717) is 16.3 Å². The summed E-state index contributed by atoms with van der Waals surface area (Å²) >= 11 is 1.23. The third-order valence-electron chi connectivity index (χ3n) is 4.78. The molecule has 0 radical (unpaired) electrons. The number of aromatic nitrogens is 1. The molecule has 1 aromatic heterocycles. The number of carbonyl (C=O) groups excluding carboxylic acids is 2. The van der Waals surface area contributed by atoms with Crippen LogP contribution in [0.15, 0.2) is 59.7 Å². The molecule has 2 amide bonds. The van der Waals surface area contributed by atoms with Crippen molar-refractivity contribution in [2.45, 2.75) is 19.1 Å². The second-order valence-electron chi connectivity index (χ2n) is 6.91. The quantitative estimate of drug-likeness (QED) is 0.402. The van der Waals surface area contributed by atoms with E-state index in [9.17, 15) is 14.0 Å². The Labute approximate surface area is 181 Å². The Morgan fingerprint density at radius 1 is 1.19 bits per heavy atom. The van der Waals surface area contributed by atoms with Gasteiger partial charge in [-0.05, 0) is 29.3 Å². The van der Waals surface area contributed by atoms with E-state index in [2.05, 4.69) is 15.3 Å². The predicted molar refractivity (Wildman–Crippen MR) is 115 cm³/mol. The van der Waals surface area contributed by atoms with Crippen LogP contribution >= 0.6 is 11.3 Å². The van der Waals surface area contributed by atoms with E-state index in [1.165, 1.54) is 28.4 Å². The van der Waals surface area contributed by atoms with Gasteiger partial charge in [-0.1, -0.05) is 41.7 Å². The zero-order chi connectivity index (χ0) is 22.0. The number of nitrogens with two attached hydrogens (primary N) is 2. The second-order valence-corrected chi connectivity index (χ2v) is 8.01. The number of halogens is 1. The average molecular weight is 438 g/mol. The van der Waals surface area contributed by atoms with Gasteiger partial charge in [-0.15, -0.1) is 0 Å². The van der Waals surface area contributed by atoms with E-state index in [1.807, 2.05) is 0 Å². The summed E-state index contributed by atoms with van der Waals surface area (Å²) in [5.74, 6) is -1.02. The van der Waals surface area contributed by atoms with Crippen molar-refractivity contribution in [1.82, 2.24) is 15.2 Å². The summed E-state index contributed by atoms with van der Waals surface area (Å²) in [6, 6.07) is 12.1. The first-order valence-electron chi connectivity index (χ1n) is 9.39. The van der Waals surface area contributed by atoms with Crippen molar-refractivity contribution in [3.05, 3.63) is 82.1 Å². The molecule has 1 atom stereocenters. The topological polar surface area (TPSA) is 127 Å². The number of fused-ring (bicyclic) bond motifs is 1. The highest BCUT2D eigenvalue weighted by Crippen LogP contribution is 2.36. The zero-order valence-corrected chi connectivity index (χ0v) is 17.1. The Bertz CT molecular complexity index is 1160. The normalized spacial score (nSPS) is 14.9. The van der Waals surface area contributed by atoms with Gasteiger partial charge in [-0.25, -0.2) is 9.37 Å². The summed E-state index contributed by atoms with van der Waals surface area (Å²) in [5.41, 5.74) is 12.6. The van der Waals surface area contributed by atoms with E-state index in [1.54, 1.807) is 42.6 Å². The SMILES string of the molecule is NC(N)=Nc1ncc(CN2C(=O)c3ccccc3C2C(=O)NCc2ccc(F)cc2)s1. The van der Waals surface area contributed by atoms with Crippen molar-refractivity contribution in [2.24, 2.45) is 16.5 Å². The highest BCUT2D eigenvalue weighted by molar-refractivity contribution is 7.15. The van der Waals surface area contributed by atoms with Crippen LogP contribution in [-0.2, 0) is 17.9 Å². The molecule has 3 aromatic rings. The Hall–Kier alpha value is -3.79. The Morgan fingerprint density at radius 3 is 2.68 bits per heavy atom. The van der Waals surface area contributed by atoms with Crippen molar-refractivity contribution in [3.8, 4) is 0 Å². The highest BCUT2D eigenvalue weighted by Gasteiger charge is 2.41. The first-order valence-corrected chi connectivity index (χ1v) is 10.2. The second kappa shape index (κ2) is 8.52. The fourth-order valence-corrected chi connectivity index (χ4v) is 4.20. The van der Waals surface area contributed by atoms with Gasteiger partial charge in [-0.2, -0.15) is 4.99 Å². The zero-order valence-electron chi connectivity index (χ0n) is 16.3. The number of benzene rings is 2. The Balaban J connectivity index is 1.56. The maximum atomic E-state index is 13.1. The molecule has 0 bridgehead atoms. The van der Waals surface area contributed by atoms with Gasteiger partial charge in [-0.3, -0.25) is 9.59 Å². The van der Waals surface area contributed by atoms with E-state index in [0.717, 1.165) is 10.4 Å². The molecule has 0 saturated heterocycles. The van der Waals surface area contributed by atoms with Crippen molar-refractivity contribution < 1.29 is 14.0 Å². The van der Waals surface area contributed by atoms with Crippen molar-refractivity contribution in [2.75, 3.05) is 0 Å². The first kappa shape index (κ1) is 20.5. The first-order chi connectivity index (χ1) is 14.9. The van der Waals surface area contributed by atoms with Gasteiger partial charge in [0.2, 0.25) is 11.0 Å². The highest BCUT2D eigenvalue weighted by atomic mass is 32.1. The lowest BCUT2D eigenvalue weighted by Gasteiger charge is -2.24. The predicted octanol–water partition coefficient (Wildman–Crippen LogP) is 2.20. The molecule has 1 aliphatic heterocycles. The van der Waals surface area contributed by atoms with Gasteiger partial charge in [0.05, 0.1) is 6.54 Å². The molecule has 10 heteroatoms. The van der Waals surface area contributed by atoms with Crippen LogP contribution in [0.1, 0.15) is 32.4 Å². The summed E-state index contributed by atoms with van der Waals surface area (Å²) in [4.78, 5) is 36.4. The monoisotopic (exact) mass is 438 g/mol. The minimum Gasteiger partial charge on any atom is -0.370 e. The molecule has 158 valence electrons. The minimum absolute atomic E-state index is 0.108. The lowest BCUT2D eigenvalue weighted by Crippen LogP contribution is -2.38. The number of carbonyl (C=O) groups is 2. The molecule has 1 unspecified atom stereocenters. The Kier molecular flexibility index (Phi) is 5.63. The summed E-state index contributed by atoms with van der Waals surface area (Å²) in [5, 5.41) is 3.22. The largest absolute Gasteiger partial charge is 0.370 e. The minimum atomic E-state index is -0.794. The van der Waals surface area contributed by atoms with Gasteiger partial charge >= 0.3 is 0 Å². The summed E-state index contributed by atoms with van der Waals surface area (Å²) in [7, 11) is 0. The third-order valence-corrected chi connectivity index (χ3v) is 5.65.